The van der Waals surface area contributed by atoms with E-state index in [0.29, 0.717) is 11.4 Å². The molecule has 11 heavy (non-hydrogen) atoms. The molecule has 0 bridgehead atoms. The van der Waals surface area contributed by atoms with Gasteiger partial charge in [0.2, 0.25) is 0 Å². The number of hydrogen-bond donors (Lipinski definition) is 1. The highest BCUT2D eigenvalue weighted by atomic mass is 31.1. The minimum Gasteiger partial charge on any atom is -0.305 e. The van der Waals surface area contributed by atoms with Crippen LogP contribution in [0.3, 0.4) is 0 Å². The summed E-state index contributed by atoms with van der Waals surface area (Å²) in [5.74, 6) is 0. The molecule has 0 saturated carbocycles. The second-order valence-corrected chi connectivity index (χ2v) is 2.15. The summed E-state index contributed by atoms with van der Waals surface area (Å²) in [5, 5.41) is 10.9. The molecule has 0 spiro atoms. The van der Waals surface area contributed by atoms with Crippen LogP contribution in [0.4, 0.5) is 5.69 Å². The van der Waals surface area contributed by atoms with Gasteiger partial charge in [-0.3, -0.25) is 0 Å². The Balaban J connectivity index is 2.93. The molecule has 0 aromatic carbocycles. The van der Waals surface area contributed by atoms with Crippen LogP contribution in [0.15, 0.2) is 18.3 Å². The number of rotatable bonds is 2. The second-order valence-electron chi connectivity index (χ2n) is 1.74. The van der Waals surface area contributed by atoms with Crippen LogP contribution >= 0.6 is 8.61 Å². The number of nitriles is 1. The predicted molar refractivity (Wildman–Crippen MR) is 40.2 cm³/mol. The summed E-state index contributed by atoms with van der Waals surface area (Å²) in [6.45, 7) is 0. The third kappa shape index (κ3) is 1.99. The first-order chi connectivity index (χ1) is 5.36. The fraction of sp³-hybridized carbons (Fsp3) is 0. The Kier molecular flexibility index (Phi) is 2.53. The largest absolute Gasteiger partial charge is 0.305 e. The van der Waals surface area contributed by atoms with Gasteiger partial charge in [-0.1, -0.05) is 0 Å². The summed E-state index contributed by atoms with van der Waals surface area (Å²) >= 11 is 0. The molecule has 4 nitrogen and oxygen atoms in total. The van der Waals surface area contributed by atoms with Crippen molar-refractivity contribution in [3.8, 4) is 6.07 Å². The molecule has 0 atom stereocenters. The van der Waals surface area contributed by atoms with Crippen molar-refractivity contribution in [1.82, 2.24) is 4.98 Å². The van der Waals surface area contributed by atoms with Crippen molar-refractivity contribution >= 4 is 14.3 Å². The van der Waals surface area contributed by atoms with Crippen LogP contribution in [0.5, 0.6) is 0 Å². The summed E-state index contributed by atoms with van der Waals surface area (Å²) < 4.78 is 10.1. The molecule has 0 aliphatic rings. The van der Waals surface area contributed by atoms with Crippen LogP contribution < -0.4 is 5.09 Å². The van der Waals surface area contributed by atoms with E-state index in [4.69, 9.17) is 5.26 Å². The van der Waals surface area contributed by atoms with Crippen molar-refractivity contribution in [2.75, 3.05) is 5.09 Å². The highest BCUT2D eigenvalue weighted by Crippen LogP contribution is 2.10. The number of pyridine rings is 1. The van der Waals surface area contributed by atoms with Gasteiger partial charge in [0.15, 0.2) is 0 Å². The first-order valence-corrected chi connectivity index (χ1v) is 3.62. The fourth-order valence-electron chi connectivity index (χ4n) is 0.614. The summed E-state index contributed by atoms with van der Waals surface area (Å²) in [6.07, 6.45) is 1.48. The molecule has 54 valence electrons. The van der Waals surface area contributed by atoms with Crippen LogP contribution in [0, 0.1) is 11.3 Å². The van der Waals surface area contributed by atoms with E-state index in [1.165, 1.54) is 12.3 Å². The second kappa shape index (κ2) is 3.65. The molecule has 1 aromatic heterocycles. The van der Waals surface area contributed by atoms with Gasteiger partial charge in [0.05, 0.1) is 0 Å². The van der Waals surface area contributed by atoms with E-state index < -0.39 is 0 Å². The van der Waals surface area contributed by atoms with E-state index in [1.54, 1.807) is 6.07 Å². The molecule has 5 heteroatoms. The third-order valence-corrected chi connectivity index (χ3v) is 1.40. The Morgan fingerprint density at radius 3 is 3.18 bits per heavy atom. The zero-order valence-corrected chi connectivity index (χ0v) is 6.38. The minimum absolute atomic E-state index is 0.184. The molecule has 1 heterocycles. The molecule has 1 N–H and O–H groups in total. The minimum atomic E-state index is -0.184. The van der Waals surface area contributed by atoms with Gasteiger partial charge in [-0.25, -0.2) is 9.55 Å². The monoisotopic (exact) mass is 165 g/mol. The standard InChI is InChI=1S/C6H4N3OP/c7-4-6-3-5(9-11-10)1-2-8-6/h1-3H,(H,8,9,10). The number of nitrogens with one attached hydrogen (secondary N) is 1. The molecule has 1 rings (SSSR count). The molecular weight excluding hydrogens is 161 g/mol. The van der Waals surface area contributed by atoms with Gasteiger partial charge in [0.1, 0.15) is 11.8 Å². The third-order valence-electron chi connectivity index (χ3n) is 1.05. The van der Waals surface area contributed by atoms with Gasteiger partial charge in [0.25, 0.3) is 8.61 Å². The Hall–Kier alpha value is -1.46. The maximum Gasteiger partial charge on any atom is 0.279 e. The molecular formula is C6H4N3OP. The lowest BCUT2D eigenvalue weighted by Gasteiger charge is -1.94. The maximum atomic E-state index is 10.1. The van der Waals surface area contributed by atoms with Crippen LogP contribution in [0.25, 0.3) is 0 Å². The highest BCUT2D eigenvalue weighted by molar-refractivity contribution is 7.25. The molecule has 0 aliphatic heterocycles. The van der Waals surface area contributed by atoms with Gasteiger partial charge < -0.3 is 5.09 Å². The van der Waals surface area contributed by atoms with Crippen molar-refractivity contribution in [3.05, 3.63) is 24.0 Å². The van der Waals surface area contributed by atoms with Gasteiger partial charge in [0, 0.05) is 11.9 Å². The zero-order valence-electron chi connectivity index (χ0n) is 5.48. The fourth-order valence-corrected chi connectivity index (χ4v) is 0.858. The number of anilines is 1. The number of aromatic nitrogens is 1. The van der Waals surface area contributed by atoms with E-state index in [9.17, 15) is 4.57 Å². The zero-order chi connectivity index (χ0) is 8.10. The molecule has 0 saturated heterocycles. The van der Waals surface area contributed by atoms with Crippen molar-refractivity contribution in [2.45, 2.75) is 0 Å². The van der Waals surface area contributed by atoms with Crippen molar-refractivity contribution < 1.29 is 4.57 Å². The smallest absolute Gasteiger partial charge is 0.279 e. The average Bonchev–Trinajstić information content (AvgIpc) is 2.06. The van der Waals surface area contributed by atoms with Gasteiger partial charge in [-0.15, -0.1) is 0 Å². The van der Waals surface area contributed by atoms with Crippen LogP contribution in [0.1, 0.15) is 5.69 Å². The molecule has 0 radical (unpaired) electrons. The maximum absolute atomic E-state index is 10.1. The van der Waals surface area contributed by atoms with Gasteiger partial charge in [-0.2, -0.15) is 5.26 Å². The molecule has 0 fully saturated rings. The van der Waals surface area contributed by atoms with E-state index in [-0.39, 0.29) is 8.61 Å². The molecule has 1 aromatic rings. The predicted octanol–water partition coefficient (Wildman–Crippen LogP) is 1.57. The first-order valence-electron chi connectivity index (χ1n) is 2.81. The Bertz CT molecular complexity index is 307. The van der Waals surface area contributed by atoms with Gasteiger partial charge in [-0.05, 0) is 12.1 Å². The summed E-state index contributed by atoms with van der Waals surface area (Å²) in [4.78, 5) is 3.73. The van der Waals surface area contributed by atoms with E-state index in [0.717, 1.165) is 0 Å². The summed E-state index contributed by atoms with van der Waals surface area (Å²) in [6, 6.07) is 5.02. The number of nitrogens with zero attached hydrogens (tertiary/aromatic N) is 2. The lowest BCUT2D eigenvalue weighted by Crippen LogP contribution is -1.84. The Morgan fingerprint density at radius 1 is 1.73 bits per heavy atom. The SMILES string of the molecule is N#Cc1cc(NP=O)ccn1. The van der Waals surface area contributed by atoms with E-state index in [1.807, 2.05) is 6.07 Å². The highest BCUT2D eigenvalue weighted by Gasteiger charge is 1.93. The summed E-state index contributed by atoms with van der Waals surface area (Å²) in [5.41, 5.74) is 0.923. The quantitative estimate of drug-likeness (QED) is 0.675. The first kappa shape index (κ1) is 7.64. The van der Waals surface area contributed by atoms with Crippen LogP contribution in [0.2, 0.25) is 0 Å². The molecule has 0 unspecified atom stereocenters. The Morgan fingerprint density at radius 2 is 2.55 bits per heavy atom. The van der Waals surface area contributed by atoms with Crippen LogP contribution in [-0.2, 0) is 4.57 Å². The summed E-state index contributed by atoms with van der Waals surface area (Å²) in [7, 11) is -0.184. The lowest BCUT2D eigenvalue weighted by atomic mass is 10.3. The van der Waals surface area contributed by atoms with Crippen molar-refractivity contribution in [1.29, 1.82) is 5.26 Å². The lowest BCUT2D eigenvalue weighted by molar-refractivity contribution is 0.601. The average molecular weight is 165 g/mol. The van der Waals surface area contributed by atoms with Crippen molar-refractivity contribution in [3.63, 3.8) is 0 Å². The Labute approximate surface area is 65.1 Å². The molecule has 0 amide bonds. The normalized spacial score (nSPS) is 9.00. The molecule has 0 aliphatic carbocycles. The van der Waals surface area contributed by atoms with E-state index in [2.05, 4.69) is 10.1 Å². The van der Waals surface area contributed by atoms with Gasteiger partial charge >= 0.3 is 0 Å². The number of hydrogen-bond acceptors (Lipinski definition) is 3. The topological polar surface area (TPSA) is 65.8 Å². The van der Waals surface area contributed by atoms with Crippen molar-refractivity contribution in [2.24, 2.45) is 0 Å². The van der Waals surface area contributed by atoms with E-state index >= 15 is 0 Å². The van der Waals surface area contributed by atoms with Crippen LogP contribution in [-0.4, -0.2) is 4.98 Å².